The molecule has 0 fully saturated rings. The largest absolute Gasteiger partial charge is 0.478 e. The molecule has 0 bridgehead atoms. The molecule has 0 aromatic heterocycles. The number of methoxy groups -OCH3 is 1. The minimum Gasteiger partial charge on any atom is -0.478 e. The van der Waals surface area contributed by atoms with E-state index in [0.717, 1.165) is 12.1 Å². The molecule has 102 valence electrons. The molecule has 0 spiro atoms. The zero-order chi connectivity index (χ0) is 14.3. The highest BCUT2D eigenvalue weighted by Gasteiger charge is 2.11. The van der Waals surface area contributed by atoms with E-state index in [2.05, 4.69) is 5.32 Å². The van der Waals surface area contributed by atoms with Crippen LogP contribution in [0.25, 0.3) is 6.08 Å². The highest BCUT2D eigenvalue weighted by atomic mass is 19.1. The summed E-state index contributed by atoms with van der Waals surface area (Å²) < 4.78 is 18.4. The molecule has 0 heterocycles. The molecule has 6 heteroatoms. The minimum absolute atomic E-state index is 0.0939. The number of hydrogen-bond donors (Lipinski definition) is 2. The fourth-order valence-electron chi connectivity index (χ4n) is 1.35. The molecule has 5 nitrogen and oxygen atoms in total. The second-order valence-electron chi connectivity index (χ2n) is 3.66. The number of aliphatic carboxylic acids is 1. The van der Waals surface area contributed by atoms with Gasteiger partial charge in [0.15, 0.2) is 0 Å². The number of hydrogen-bond acceptors (Lipinski definition) is 3. The van der Waals surface area contributed by atoms with Crippen molar-refractivity contribution in [2.75, 3.05) is 20.3 Å². The first kappa shape index (κ1) is 14.8. The van der Waals surface area contributed by atoms with Crippen molar-refractivity contribution in [1.29, 1.82) is 0 Å². The van der Waals surface area contributed by atoms with Crippen molar-refractivity contribution >= 4 is 18.0 Å². The summed E-state index contributed by atoms with van der Waals surface area (Å²) in [6.07, 6.45) is 2.14. The summed E-state index contributed by atoms with van der Waals surface area (Å²) in [6.45, 7) is 0.627. The van der Waals surface area contributed by atoms with Gasteiger partial charge in [-0.05, 0) is 23.8 Å². The second-order valence-corrected chi connectivity index (χ2v) is 3.66. The lowest BCUT2D eigenvalue weighted by Gasteiger charge is -2.06. The van der Waals surface area contributed by atoms with Gasteiger partial charge >= 0.3 is 5.97 Å². The molecule has 0 saturated heterocycles. The zero-order valence-electron chi connectivity index (χ0n) is 10.4. The summed E-state index contributed by atoms with van der Waals surface area (Å²) >= 11 is 0. The lowest BCUT2D eigenvalue weighted by Crippen LogP contribution is -2.27. The van der Waals surface area contributed by atoms with E-state index in [4.69, 9.17) is 9.84 Å². The number of halogens is 1. The van der Waals surface area contributed by atoms with Crippen LogP contribution in [-0.2, 0) is 9.53 Å². The standard InChI is InChI=1S/C13H14FNO4/c1-19-7-6-15-13(18)10-4-2-9(8-11(10)14)3-5-12(16)17/h2-5,8H,6-7H2,1H3,(H,15,18)(H,16,17)/b5-3+. The Balaban J connectivity index is 2.76. The van der Waals surface area contributed by atoms with Crippen molar-refractivity contribution < 1.29 is 23.8 Å². The Morgan fingerprint density at radius 3 is 2.79 bits per heavy atom. The van der Waals surface area contributed by atoms with Gasteiger partial charge in [-0.2, -0.15) is 0 Å². The topological polar surface area (TPSA) is 75.6 Å². The summed E-state index contributed by atoms with van der Waals surface area (Å²) in [6, 6.07) is 3.87. The zero-order valence-corrected chi connectivity index (χ0v) is 10.4. The lowest BCUT2D eigenvalue weighted by molar-refractivity contribution is -0.131. The Kier molecular flexibility index (Phi) is 5.69. The van der Waals surface area contributed by atoms with Gasteiger partial charge in [0.25, 0.3) is 5.91 Å². The third kappa shape index (κ3) is 4.89. The van der Waals surface area contributed by atoms with Crippen LogP contribution in [-0.4, -0.2) is 37.2 Å². The second kappa shape index (κ2) is 7.27. The average molecular weight is 267 g/mol. The Morgan fingerprint density at radius 2 is 2.21 bits per heavy atom. The van der Waals surface area contributed by atoms with Crippen molar-refractivity contribution in [3.8, 4) is 0 Å². The smallest absolute Gasteiger partial charge is 0.328 e. The molecule has 1 aromatic rings. The van der Waals surface area contributed by atoms with Crippen LogP contribution in [0.15, 0.2) is 24.3 Å². The predicted molar refractivity (Wildman–Crippen MR) is 67.3 cm³/mol. The normalized spacial score (nSPS) is 10.6. The third-order valence-electron chi connectivity index (χ3n) is 2.25. The van der Waals surface area contributed by atoms with Crippen LogP contribution in [0, 0.1) is 5.82 Å². The first-order chi connectivity index (χ1) is 9.04. The fourth-order valence-corrected chi connectivity index (χ4v) is 1.35. The number of ether oxygens (including phenoxy) is 1. The van der Waals surface area contributed by atoms with Gasteiger partial charge < -0.3 is 15.2 Å². The van der Waals surface area contributed by atoms with Gasteiger partial charge in [0.05, 0.1) is 12.2 Å². The van der Waals surface area contributed by atoms with Gasteiger partial charge in [0.2, 0.25) is 0 Å². The van der Waals surface area contributed by atoms with Crippen molar-refractivity contribution in [2.24, 2.45) is 0 Å². The van der Waals surface area contributed by atoms with Crippen molar-refractivity contribution in [2.45, 2.75) is 0 Å². The molecule has 1 aromatic carbocycles. The number of benzene rings is 1. The number of carbonyl (C=O) groups excluding carboxylic acids is 1. The van der Waals surface area contributed by atoms with Crippen molar-refractivity contribution in [3.05, 3.63) is 41.2 Å². The van der Waals surface area contributed by atoms with E-state index in [1.165, 1.54) is 25.3 Å². The molecule has 19 heavy (non-hydrogen) atoms. The molecular formula is C13H14FNO4. The molecule has 0 aliphatic carbocycles. The average Bonchev–Trinajstić information content (AvgIpc) is 2.36. The van der Waals surface area contributed by atoms with Gasteiger partial charge in [0, 0.05) is 19.7 Å². The van der Waals surface area contributed by atoms with Crippen LogP contribution in [0.4, 0.5) is 4.39 Å². The summed E-state index contributed by atoms with van der Waals surface area (Å²) in [5, 5.41) is 10.9. The molecule has 2 N–H and O–H groups in total. The van der Waals surface area contributed by atoms with E-state index in [-0.39, 0.29) is 12.1 Å². The molecule has 0 unspecified atom stereocenters. The number of carbonyl (C=O) groups is 2. The number of carboxylic acids is 1. The Hall–Kier alpha value is -2.21. The molecule has 1 rings (SSSR count). The van der Waals surface area contributed by atoms with E-state index in [9.17, 15) is 14.0 Å². The van der Waals surface area contributed by atoms with E-state index in [1.807, 2.05) is 0 Å². The Labute approximate surface area is 109 Å². The molecule has 0 aliphatic rings. The van der Waals surface area contributed by atoms with Crippen molar-refractivity contribution in [3.63, 3.8) is 0 Å². The van der Waals surface area contributed by atoms with Gasteiger partial charge in [-0.1, -0.05) is 6.07 Å². The predicted octanol–water partition coefficient (Wildman–Crippen LogP) is 1.30. The highest BCUT2D eigenvalue weighted by molar-refractivity contribution is 5.94. The SMILES string of the molecule is COCCNC(=O)c1ccc(/C=C/C(=O)O)cc1F. The minimum atomic E-state index is -1.12. The van der Waals surface area contributed by atoms with Crippen LogP contribution >= 0.6 is 0 Å². The maximum atomic E-state index is 13.7. The van der Waals surface area contributed by atoms with Gasteiger partial charge in [0.1, 0.15) is 5.82 Å². The monoisotopic (exact) mass is 267 g/mol. The van der Waals surface area contributed by atoms with Gasteiger partial charge in [-0.25, -0.2) is 9.18 Å². The fraction of sp³-hybridized carbons (Fsp3) is 0.231. The molecule has 0 radical (unpaired) electrons. The first-order valence-electron chi connectivity index (χ1n) is 5.52. The Bertz CT molecular complexity index is 499. The van der Waals surface area contributed by atoms with E-state index < -0.39 is 17.7 Å². The summed E-state index contributed by atoms with van der Waals surface area (Å²) in [4.78, 5) is 21.9. The van der Waals surface area contributed by atoms with Gasteiger partial charge in [-0.3, -0.25) is 4.79 Å². The quantitative estimate of drug-likeness (QED) is 0.601. The summed E-state index contributed by atoms with van der Waals surface area (Å²) in [5.74, 6) is -2.37. The molecule has 1 amide bonds. The Morgan fingerprint density at radius 1 is 1.47 bits per heavy atom. The van der Waals surface area contributed by atoms with Gasteiger partial charge in [-0.15, -0.1) is 0 Å². The number of amides is 1. The third-order valence-corrected chi connectivity index (χ3v) is 2.25. The summed E-state index contributed by atoms with van der Waals surface area (Å²) in [7, 11) is 1.50. The maximum Gasteiger partial charge on any atom is 0.328 e. The maximum absolute atomic E-state index is 13.7. The van der Waals surface area contributed by atoms with Crippen molar-refractivity contribution in [1.82, 2.24) is 5.32 Å². The first-order valence-corrected chi connectivity index (χ1v) is 5.52. The molecular weight excluding hydrogens is 253 g/mol. The molecule has 0 atom stereocenters. The van der Waals surface area contributed by atoms with Crippen LogP contribution in [0.3, 0.4) is 0 Å². The van der Waals surface area contributed by atoms with E-state index in [1.54, 1.807) is 0 Å². The highest BCUT2D eigenvalue weighted by Crippen LogP contribution is 2.11. The van der Waals surface area contributed by atoms with Crippen LogP contribution in [0.1, 0.15) is 15.9 Å². The number of carboxylic acid groups (broad SMARTS) is 1. The van der Waals surface area contributed by atoms with Crippen LogP contribution in [0.2, 0.25) is 0 Å². The lowest BCUT2D eigenvalue weighted by atomic mass is 10.1. The number of rotatable bonds is 6. The molecule has 0 aliphatic heterocycles. The van der Waals surface area contributed by atoms with Crippen LogP contribution in [0.5, 0.6) is 0 Å². The number of nitrogens with one attached hydrogen (secondary N) is 1. The van der Waals surface area contributed by atoms with Crippen LogP contribution < -0.4 is 5.32 Å². The molecule has 0 saturated carbocycles. The van der Waals surface area contributed by atoms with E-state index >= 15 is 0 Å². The van der Waals surface area contributed by atoms with E-state index in [0.29, 0.717) is 12.2 Å². The summed E-state index contributed by atoms with van der Waals surface area (Å²) in [5.41, 5.74) is 0.275.